The van der Waals surface area contributed by atoms with Gasteiger partial charge in [-0.15, -0.1) is 21.5 Å². The van der Waals surface area contributed by atoms with Gasteiger partial charge in [0.1, 0.15) is 5.51 Å². The predicted molar refractivity (Wildman–Crippen MR) is 71.6 cm³/mol. The molecule has 3 rings (SSSR count). The van der Waals surface area contributed by atoms with E-state index in [0.717, 1.165) is 22.2 Å². The SMILES string of the molecule is Cc1nc2ccc(CNc3nncs3)cc2s1. The van der Waals surface area contributed by atoms with Crippen LogP contribution in [0.5, 0.6) is 0 Å². The van der Waals surface area contributed by atoms with Gasteiger partial charge < -0.3 is 5.32 Å². The lowest BCUT2D eigenvalue weighted by atomic mass is 10.2. The van der Waals surface area contributed by atoms with Gasteiger partial charge in [0.25, 0.3) is 0 Å². The van der Waals surface area contributed by atoms with Crippen molar-refractivity contribution in [3.05, 3.63) is 34.3 Å². The van der Waals surface area contributed by atoms with Crippen LogP contribution in [0.4, 0.5) is 5.13 Å². The van der Waals surface area contributed by atoms with Crippen molar-refractivity contribution in [3.8, 4) is 0 Å². The normalized spacial score (nSPS) is 10.9. The van der Waals surface area contributed by atoms with Gasteiger partial charge in [-0.3, -0.25) is 0 Å². The summed E-state index contributed by atoms with van der Waals surface area (Å²) in [6.07, 6.45) is 0. The van der Waals surface area contributed by atoms with Gasteiger partial charge in [0.15, 0.2) is 0 Å². The summed E-state index contributed by atoms with van der Waals surface area (Å²) < 4.78 is 1.24. The summed E-state index contributed by atoms with van der Waals surface area (Å²) in [5.41, 5.74) is 4.03. The molecule has 0 fully saturated rings. The number of aryl methyl sites for hydroxylation is 1. The Morgan fingerprint density at radius 1 is 1.35 bits per heavy atom. The van der Waals surface area contributed by atoms with E-state index >= 15 is 0 Å². The topological polar surface area (TPSA) is 50.7 Å². The lowest BCUT2D eigenvalue weighted by Gasteiger charge is -2.01. The van der Waals surface area contributed by atoms with Crippen LogP contribution in [0.3, 0.4) is 0 Å². The molecule has 2 aromatic heterocycles. The summed E-state index contributed by atoms with van der Waals surface area (Å²) >= 11 is 3.23. The first-order chi connectivity index (χ1) is 8.31. The molecule has 0 aliphatic rings. The molecule has 0 amide bonds. The minimum Gasteiger partial charge on any atom is -0.356 e. The molecule has 0 saturated carbocycles. The quantitative estimate of drug-likeness (QED) is 0.788. The average molecular weight is 262 g/mol. The van der Waals surface area contributed by atoms with Crippen molar-refractivity contribution in [1.29, 1.82) is 0 Å². The molecule has 86 valence electrons. The van der Waals surface area contributed by atoms with Crippen LogP contribution in [0, 0.1) is 6.92 Å². The van der Waals surface area contributed by atoms with E-state index in [1.54, 1.807) is 16.8 Å². The Bertz CT molecular complexity index is 630. The van der Waals surface area contributed by atoms with Crippen LogP contribution < -0.4 is 5.32 Å². The number of benzene rings is 1. The summed E-state index contributed by atoms with van der Waals surface area (Å²) in [5, 5.41) is 12.9. The molecule has 1 aromatic carbocycles. The van der Waals surface area contributed by atoms with E-state index in [2.05, 4.69) is 38.7 Å². The monoisotopic (exact) mass is 262 g/mol. The second-order valence-corrected chi connectivity index (χ2v) is 5.70. The molecule has 0 radical (unpaired) electrons. The van der Waals surface area contributed by atoms with Gasteiger partial charge in [0.05, 0.1) is 15.2 Å². The molecule has 6 heteroatoms. The predicted octanol–water partition coefficient (Wildman–Crippen LogP) is 3.07. The molecule has 0 unspecified atom stereocenters. The number of anilines is 1. The van der Waals surface area contributed by atoms with Crippen molar-refractivity contribution in [2.24, 2.45) is 0 Å². The Hall–Kier alpha value is -1.53. The van der Waals surface area contributed by atoms with Crippen LogP contribution in [-0.4, -0.2) is 15.2 Å². The Morgan fingerprint density at radius 2 is 2.29 bits per heavy atom. The van der Waals surface area contributed by atoms with Gasteiger partial charge in [-0.05, 0) is 24.6 Å². The first-order valence-electron chi connectivity index (χ1n) is 5.17. The van der Waals surface area contributed by atoms with Gasteiger partial charge in [-0.25, -0.2) is 4.98 Å². The maximum atomic E-state index is 4.44. The Labute approximate surface area is 106 Å². The number of hydrogen-bond acceptors (Lipinski definition) is 6. The third-order valence-corrected chi connectivity index (χ3v) is 3.95. The summed E-state index contributed by atoms with van der Waals surface area (Å²) in [5.74, 6) is 0. The molecular formula is C11H10N4S2. The van der Waals surface area contributed by atoms with E-state index in [0.29, 0.717) is 0 Å². The fourth-order valence-corrected chi connectivity index (χ4v) is 2.96. The van der Waals surface area contributed by atoms with Gasteiger partial charge in [0, 0.05) is 6.54 Å². The van der Waals surface area contributed by atoms with E-state index < -0.39 is 0 Å². The van der Waals surface area contributed by atoms with E-state index in [1.165, 1.54) is 21.6 Å². The highest BCUT2D eigenvalue weighted by molar-refractivity contribution is 7.18. The van der Waals surface area contributed by atoms with Crippen molar-refractivity contribution in [1.82, 2.24) is 15.2 Å². The van der Waals surface area contributed by atoms with Crippen molar-refractivity contribution in [2.45, 2.75) is 13.5 Å². The number of fused-ring (bicyclic) bond motifs is 1. The first-order valence-corrected chi connectivity index (χ1v) is 6.87. The van der Waals surface area contributed by atoms with Crippen molar-refractivity contribution >= 4 is 38.0 Å². The first kappa shape index (κ1) is 10.6. The third-order valence-electron chi connectivity index (χ3n) is 2.36. The molecule has 3 aromatic rings. The van der Waals surface area contributed by atoms with Crippen LogP contribution in [0.15, 0.2) is 23.7 Å². The fraction of sp³-hybridized carbons (Fsp3) is 0.182. The minimum atomic E-state index is 0.766. The molecule has 0 aliphatic carbocycles. The number of nitrogens with zero attached hydrogens (tertiary/aromatic N) is 3. The zero-order valence-corrected chi connectivity index (χ0v) is 10.8. The molecule has 0 aliphatic heterocycles. The summed E-state index contributed by atoms with van der Waals surface area (Å²) in [7, 11) is 0. The minimum absolute atomic E-state index is 0.766. The molecule has 0 atom stereocenters. The molecular weight excluding hydrogens is 252 g/mol. The Morgan fingerprint density at radius 3 is 3.12 bits per heavy atom. The molecule has 0 saturated heterocycles. The molecule has 0 bridgehead atoms. The average Bonchev–Trinajstić information content (AvgIpc) is 2.92. The van der Waals surface area contributed by atoms with Crippen LogP contribution >= 0.6 is 22.7 Å². The number of thiazole rings is 1. The van der Waals surface area contributed by atoms with E-state index in [4.69, 9.17) is 0 Å². The molecule has 4 nitrogen and oxygen atoms in total. The van der Waals surface area contributed by atoms with Crippen molar-refractivity contribution in [2.75, 3.05) is 5.32 Å². The van der Waals surface area contributed by atoms with E-state index in [1.807, 2.05) is 6.92 Å². The maximum absolute atomic E-state index is 4.44. The summed E-state index contributed by atoms with van der Waals surface area (Å²) in [4.78, 5) is 4.44. The molecule has 1 N–H and O–H groups in total. The van der Waals surface area contributed by atoms with Crippen molar-refractivity contribution < 1.29 is 0 Å². The third kappa shape index (κ3) is 2.27. The van der Waals surface area contributed by atoms with E-state index in [-0.39, 0.29) is 0 Å². The number of aromatic nitrogens is 3. The summed E-state index contributed by atoms with van der Waals surface area (Å²) in [6, 6.07) is 6.33. The number of rotatable bonds is 3. The lowest BCUT2D eigenvalue weighted by molar-refractivity contribution is 1.05. The van der Waals surface area contributed by atoms with Crippen LogP contribution in [-0.2, 0) is 6.54 Å². The van der Waals surface area contributed by atoms with Gasteiger partial charge >= 0.3 is 0 Å². The molecule has 17 heavy (non-hydrogen) atoms. The van der Waals surface area contributed by atoms with Gasteiger partial charge in [-0.1, -0.05) is 17.4 Å². The smallest absolute Gasteiger partial charge is 0.205 e. The highest BCUT2D eigenvalue weighted by Gasteiger charge is 2.02. The van der Waals surface area contributed by atoms with Gasteiger partial charge in [0.2, 0.25) is 5.13 Å². The molecule has 2 heterocycles. The maximum Gasteiger partial charge on any atom is 0.205 e. The Kier molecular flexibility index (Phi) is 2.74. The van der Waals surface area contributed by atoms with Gasteiger partial charge in [-0.2, -0.15) is 0 Å². The zero-order chi connectivity index (χ0) is 11.7. The van der Waals surface area contributed by atoms with Crippen molar-refractivity contribution in [3.63, 3.8) is 0 Å². The fourth-order valence-electron chi connectivity index (χ4n) is 1.62. The molecule has 0 spiro atoms. The zero-order valence-electron chi connectivity index (χ0n) is 9.17. The highest BCUT2D eigenvalue weighted by Crippen LogP contribution is 2.23. The second kappa shape index (κ2) is 4.38. The van der Waals surface area contributed by atoms with Crippen LogP contribution in [0.25, 0.3) is 10.2 Å². The largest absolute Gasteiger partial charge is 0.356 e. The number of hydrogen-bond donors (Lipinski definition) is 1. The van der Waals surface area contributed by atoms with Crippen LogP contribution in [0.2, 0.25) is 0 Å². The second-order valence-electron chi connectivity index (χ2n) is 3.63. The summed E-state index contributed by atoms with van der Waals surface area (Å²) in [6.45, 7) is 2.80. The Balaban J connectivity index is 1.81. The highest BCUT2D eigenvalue weighted by atomic mass is 32.1. The standard InChI is InChI=1S/C11H10N4S2/c1-7-14-9-3-2-8(4-10(9)17-7)5-12-11-15-13-6-16-11/h2-4,6H,5H2,1H3,(H,12,15). The lowest BCUT2D eigenvalue weighted by Crippen LogP contribution is -1.98. The van der Waals surface area contributed by atoms with Crippen LogP contribution in [0.1, 0.15) is 10.6 Å². The number of nitrogens with one attached hydrogen (secondary N) is 1. The van der Waals surface area contributed by atoms with E-state index in [9.17, 15) is 0 Å².